The van der Waals surface area contributed by atoms with Gasteiger partial charge >= 0.3 is 0 Å². The van der Waals surface area contributed by atoms with E-state index in [-0.39, 0.29) is 11.7 Å². The van der Waals surface area contributed by atoms with Crippen LogP contribution >= 0.6 is 0 Å². The Morgan fingerprint density at radius 2 is 1.88 bits per heavy atom. The third kappa shape index (κ3) is 3.60. The highest BCUT2D eigenvalue weighted by Gasteiger charge is 2.18. The van der Waals surface area contributed by atoms with Crippen LogP contribution in [0.15, 0.2) is 55.0 Å². The second kappa shape index (κ2) is 6.89. The van der Waals surface area contributed by atoms with Gasteiger partial charge in [-0.3, -0.25) is 9.36 Å². The number of hydrogen-bond acceptors (Lipinski definition) is 2. The summed E-state index contributed by atoms with van der Waals surface area (Å²) >= 11 is 0. The lowest BCUT2D eigenvalue weighted by molar-refractivity contribution is 0.0777. The molecule has 1 amide bonds. The Kier molecular flexibility index (Phi) is 4.65. The first kappa shape index (κ1) is 16.9. The van der Waals surface area contributed by atoms with E-state index in [1.807, 2.05) is 26.0 Å². The molecule has 2 aromatic carbocycles. The van der Waals surface area contributed by atoms with Crippen molar-refractivity contribution in [2.24, 2.45) is 0 Å². The summed E-state index contributed by atoms with van der Waals surface area (Å²) in [6.45, 7) is 4.61. The van der Waals surface area contributed by atoms with Crippen LogP contribution in [0.25, 0.3) is 5.69 Å². The van der Waals surface area contributed by atoms with Gasteiger partial charge in [0.25, 0.3) is 5.91 Å². The monoisotopic (exact) mass is 337 g/mol. The lowest BCUT2D eigenvalue weighted by Crippen LogP contribution is -2.28. The van der Waals surface area contributed by atoms with E-state index in [9.17, 15) is 9.18 Å². The quantitative estimate of drug-likeness (QED) is 0.724. The lowest BCUT2D eigenvalue weighted by atomic mass is 10.1. The van der Waals surface area contributed by atoms with Gasteiger partial charge in [0.05, 0.1) is 12.5 Å². The number of aryl methyl sites for hydroxylation is 2. The Bertz CT molecular complexity index is 900. The fourth-order valence-corrected chi connectivity index (χ4v) is 2.81. The number of imidazole rings is 1. The van der Waals surface area contributed by atoms with Crippen molar-refractivity contribution >= 4 is 5.91 Å². The fourth-order valence-electron chi connectivity index (χ4n) is 2.81. The molecule has 0 radical (unpaired) electrons. The van der Waals surface area contributed by atoms with E-state index in [0.29, 0.717) is 17.9 Å². The highest BCUT2D eigenvalue weighted by molar-refractivity contribution is 5.92. The number of rotatable bonds is 4. The molecule has 0 spiro atoms. The summed E-state index contributed by atoms with van der Waals surface area (Å²) in [5.74, 6) is -0.453. The number of nitrogens with zero attached hydrogens (tertiary/aromatic N) is 3. The van der Waals surface area contributed by atoms with Crippen LogP contribution in [-0.2, 0) is 6.54 Å². The summed E-state index contributed by atoms with van der Waals surface area (Å²) in [5.41, 5.74) is 4.60. The second-order valence-electron chi connectivity index (χ2n) is 6.22. The van der Waals surface area contributed by atoms with Gasteiger partial charge in [-0.25, -0.2) is 9.37 Å². The standard InChI is InChI=1S/C20H20FN3O/c1-14-4-5-16(15(2)10-14)12-23(3)20(25)19-11-22-13-24(19)18-8-6-17(21)7-9-18/h4-11,13H,12H2,1-3H3. The van der Waals surface area contributed by atoms with E-state index in [4.69, 9.17) is 0 Å². The molecule has 1 aromatic heterocycles. The van der Waals surface area contributed by atoms with Gasteiger partial charge in [-0.2, -0.15) is 0 Å². The van der Waals surface area contributed by atoms with Gasteiger partial charge in [0.15, 0.2) is 0 Å². The molecule has 0 fully saturated rings. The molecule has 5 heteroatoms. The predicted molar refractivity (Wildman–Crippen MR) is 95.2 cm³/mol. The molecule has 3 rings (SSSR count). The van der Waals surface area contributed by atoms with Crippen LogP contribution in [0.1, 0.15) is 27.2 Å². The molecular formula is C20H20FN3O. The van der Waals surface area contributed by atoms with Crippen molar-refractivity contribution in [1.82, 2.24) is 14.5 Å². The van der Waals surface area contributed by atoms with Crippen molar-refractivity contribution in [3.05, 3.63) is 83.2 Å². The smallest absolute Gasteiger partial charge is 0.272 e. The van der Waals surface area contributed by atoms with Gasteiger partial charge in [0.2, 0.25) is 0 Å². The van der Waals surface area contributed by atoms with Crippen LogP contribution in [0.2, 0.25) is 0 Å². The van der Waals surface area contributed by atoms with Crippen molar-refractivity contribution in [2.75, 3.05) is 7.05 Å². The van der Waals surface area contributed by atoms with Crippen LogP contribution < -0.4 is 0 Å². The van der Waals surface area contributed by atoms with Gasteiger partial charge < -0.3 is 4.90 Å². The van der Waals surface area contributed by atoms with Crippen molar-refractivity contribution in [2.45, 2.75) is 20.4 Å². The third-order valence-electron chi connectivity index (χ3n) is 4.21. The van der Waals surface area contributed by atoms with Crippen molar-refractivity contribution in [3.8, 4) is 5.69 Å². The van der Waals surface area contributed by atoms with Crippen LogP contribution in [0.3, 0.4) is 0 Å². The van der Waals surface area contributed by atoms with Crippen LogP contribution in [0.4, 0.5) is 4.39 Å². The van der Waals surface area contributed by atoms with E-state index in [1.54, 1.807) is 35.0 Å². The maximum atomic E-state index is 13.1. The summed E-state index contributed by atoms with van der Waals surface area (Å²) in [6, 6.07) is 12.2. The Hall–Kier alpha value is -2.95. The first-order valence-electron chi connectivity index (χ1n) is 8.05. The summed E-state index contributed by atoms with van der Waals surface area (Å²) in [6.07, 6.45) is 3.09. The molecule has 0 saturated heterocycles. The van der Waals surface area contributed by atoms with Crippen molar-refractivity contribution < 1.29 is 9.18 Å². The van der Waals surface area contributed by atoms with Crippen LogP contribution in [0.5, 0.6) is 0 Å². The molecule has 3 aromatic rings. The number of halogens is 1. The second-order valence-corrected chi connectivity index (χ2v) is 6.22. The van der Waals surface area contributed by atoms with Crippen molar-refractivity contribution in [1.29, 1.82) is 0 Å². The van der Waals surface area contributed by atoms with Crippen molar-refractivity contribution in [3.63, 3.8) is 0 Å². The largest absolute Gasteiger partial charge is 0.336 e. The van der Waals surface area contributed by atoms with Gasteiger partial charge in [0, 0.05) is 19.3 Å². The highest BCUT2D eigenvalue weighted by Crippen LogP contribution is 2.16. The Balaban J connectivity index is 1.83. The molecule has 0 bridgehead atoms. The first-order chi connectivity index (χ1) is 12.0. The number of carbonyl (C=O) groups is 1. The topological polar surface area (TPSA) is 38.1 Å². The number of carbonyl (C=O) groups excluding carboxylic acids is 1. The van der Waals surface area contributed by atoms with Crippen LogP contribution in [-0.4, -0.2) is 27.4 Å². The van der Waals surface area contributed by atoms with Crippen LogP contribution in [0, 0.1) is 19.7 Å². The predicted octanol–water partition coefficient (Wildman–Crippen LogP) is 3.90. The molecule has 0 aliphatic rings. The minimum Gasteiger partial charge on any atom is -0.336 e. The Morgan fingerprint density at radius 1 is 1.16 bits per heavy atom. The molecule has 0 N–H and O–H groups in total. The minimum absolute atomic E-state index is 0.137. The zero-order valence-electron chi connectivity index (χ0n) is 14.5. The average Bonchev–Trinajstić information content (AvgIpc) is 3.07. The minimum atomic E-state index is -0.316. The molecule has 25 heavy (non-hydrogen) atoms. The zero-order valence-corrected chi connectivity index (χ0v) is 14.5. The van der Waals surface area contributed by atoms with E-state index >= 15 is 0 Å². The maximum Gasteiger partial charge on any atom is 0.272 e. The normalized spacial score (nSPS) is 10.7. The summed E-state index contributed by atoms with van der Waals surface area (Å²) < 4.78 is 14.8. The zero-order chi connectivity index (χ0) is 18.0. The Morgan fingerprint density at radius 3 is 2.56 bits per heavy atom. The number of benzene rings is 2. The third-order valence-corrected chi connectivity index (χ3v) is 4.21. The lowest BCUT2D eigenvalue weighted by Gasteiger charge is -2.19. The average molecular weight is 337 g/mol. The van der Waals surface area contributed by atoms with E-state index < -0.39 is 0 Å². The number of hydrogen-bond donors (Lipinski definition) is 0. The maximum absolute atomic E-state index is 13.1. The molecule has 0 unspecified atom stereocenters. The molecule has 0 atom stereocenters. The summed E-state index contributed by atoms with van der Waals surface area (Å²) in [4.78, 5) is 18.6. The van der Waals surface area contributed by atoms with Gasteiger partial charge in [-0.15, -0.1) is 0 Å². The molecule has 1 heterocycles. The summed E-state index contributed by atoms with van der Waals surface area (Å²) in [7, 11) is 1.77. The highest BCUT2D eigenvalue weighted by atomic mass is 19.1. The molecule has 0 saturated carbocycles. The molecule has 128 valence electrons. The molecule has 0 aliphatic carbocycles. The Labute approximate surface area is 146 Å². The van der Waals surface area contributed by atoms with E-state index in [1.165, 1.54) is 23.9 Å². The van der Waals surface area contributed by atoms with E-state index in [2.05, 4.69) is 11.1 Å². The molecular weight excluding hydrogens is 317 g/mol. The molecule has 0 aliphatic heterocycles. The number of aromatic nitrogens is 2. The van der Waals surface area contributed by atoms with Gasteiger partial charge in [-0.1, -0.05) is 23.8 Å². The molecule has 4 nitrogen and oxygen atoms in total. The number of amides is 1. The van der Waals surface area contributed by atoms with Gasteiger partial charge in [-0.05, 0) is 49.2 Å². The fraction of sp³-hybridized carbons (Fsp3) is 0.200. The SMILES string of the molecule is Cc1ccc(CN(C)C(=O)c2cncn2-c2ccc(F)cc2)c(C)c1. The first-order valence-corrected chi connectivity index (χ1v) is 8.05. The summed E-state index contributed by atoms with van der Waals surface area (Å²) in [5, 5.41) is 0. The van der Waals surface area contributed by atoms with Gasteiger partial charge in [0.1, 0.15) is 11.5 Å². The van der Waals surface area contributed by atoms with E-state index in [0.717, 1.165) is 11.1 Å².